The molecular weight excluding hydrogens is 198 g/mol. The first-order valence-electron chi connectivity index (χ1n) is 5.63. The molecule has 0 saturated heterocycles. The van der Waals surface area contributed by atoms with Gasteiger partial charge in [-0.1, -0.05) is 42.5 Å². The van der Waals surface area contributed by atoms with E-state index in [1.807, 2.05) is 0 Å². The van der Waals surface area contributed by atoms with Crippen molar-refractivity contribution in [3.63, 3.8) is 0 Å². The largest absolute Gasteiger partial charge is 0.392 e. The Balaban J connectivity index is 2.17. The third-order valence-electron chi connectivity index (χ3n) is 2.64. The second kappa shape index (κ2) is 5.10. The fourth-order valence-electron chi connectivity index (χ4n) is 1.86. The van der Waals surface area contributed by atoms with Crippen LogP contribution in [0.3, 0.4) is 0 Å². The van der Waals surface area contributed by atoms with Gasteiger partial charge in [0.2, 0.25) is 0 Å². The maximum absolute atomic E-state index is 9.18. The van der Waals surface area contributed by atoms with E-state index in [2.05, 4.69) is 47.8 Å². The highest BCUT2D eigenvalue weighted by Gasteiger charge is 2.00. The van der Waals surface area contributed by atoms with Gasteiger partial charge in [-0.15, -0.1) is 0 Å². The van der Waals surface area contributed by atoms with Gasteiger partial charge in [0.15, 0.2) is 0 Å². The van der Waals surface area contributed by atoms with E-state index in [9.17, 15) is 5.11 Å². The molecule has 2 aromatic carbocycles. The zero-order valence-corrected chi connectivity index (χ0v) is 9.48. The maximum Gasteiger partial charge on any atom is 0.0636 e. The average Bonchev–Trinajstić information content (AvgIpc) is 2.29. The Hall–Kier alpha value is -1.38. The Bertz CT molecular complexity index is 460. The van der Waals surface area contributed by atoms with Gasteiger partial charge in [-0.05, 0) is 23.3 Å². The smallest absolute Gasteiger partial charge is 0.0636 e. The third-order valence-corrected chi connectivity index (χ3v) is 2.64. The minimum absolute atomic E-state index is 0.296. The Labute approximate surface area is 95.9 Å². The van der Waals surface area contributed by atoms with Gasteiger partial charge in [0, 0.05) is 13.1 Å². The highest BCUT2D eigenvalue weighted by atomic mass is 16.3. The van der Waals surface area contributed by atoms with E-state index in [0.29, 0.717) is 6.54 Å². The van der Waals surface area contributed by atoms with E-state index in [-0.39, 0.29) is 6.10 Å². The normalized spacial score (nSPS) is 12.9. The lowest BCUT2D eigenvalue weighted by atomic mass is 10.0. The third kappa shape index (κ3) is 2.60. The van der Waals surface area contributed by atoms with Gasteiger partial charge in [-0.3, -0.25) is 0 Å². The van der Waals surface area contributed by atoms with Crippen molar-refractivity contribution < 1.29 is 5.11 Å². The summed E-state index contributed by atoms with van der Waals surface area (Å²) in [5, 5.41) is 15.0. The van der Waals surface area contributed by atoms with Crippen LogP contribution in [0.25, 0.3) is 10.8 Å². The molecule has 0 aliphatic heterocycles. The van der Waals surface area contributed by atoms with Gasteiger partial charge < -0.3 is 10.4 Å². The summed E-state index contributed by atoms with van der Waals surface area (Å²) in [7, 11) is 0. The molecule has 0 aliphatic carbocycles. The van der Waals surface area contributed by atoms with Crippen LogP contribution in [0, 0.1) is 0 Å². The molecule has 0 saturated carbocycles. The number of benzene rings is 2. The Morgan fingerprint density at radius 1 is 1.12 bits per heavy atom. The molecule has 84 valence electrons. The number of fused-ring (bicyclic) bond motifs is 1. The summed E-state index contributed by atoms with van der Waals surface area (Å²) in [6.07, 6.45) is -0.296. The summed E-state index contributed by atoms with van der Waals surface area (Å²) < 4.78 is 0. The molecule has 0 spiro atoms. The van der Waals surface area contributed by atoms with Crippen LogP contribution in [-0.2, 0) is 6.54 Å². The van der Waals surface area contributed by atoms with Gasteiger partial charge in [-0.2, -0.15) is 0 Å². The summed E-state index contributed by atoms with van der Waals surface area (Å²) in [6.45, 7) is 3.21. The fourth-order valence-corrected chi connectivity index (χ4v) is 1.86. The number of rotatable bonds is 4. The SMILES string of the molecule is C[C@H](O)CNCc1cccc2ccccc12. The average molecular weight is 215 g/mol. The Morgan fingerprint density at radius 2 is 1.88 bits per heavy atom. The van der Waals surface area contributed by atoms with Crippen molar-refractivity contribution in [1.82, 2.24) is 5.32 Å². The fraction of sp³-hybridized carbons (Fsp3) is 0.286. The number of aliphatic hydroxyl groups excluding tert-OH is 1. The van der Waals surface area contributed by atoms with Crippen molar-refractivity contribution in [2.45, 2.75) is 19.6 Å². The van der Waals surface area contributed by atoms with Gasteiger partial charge in [0.05, 0.1) is 6.10 Å². The highest BCUT2D eigenvalue weighted by molar-refractivity contribution is 5.85. The highest BCUT2D eigenvalue weighted by Crippen LogP contribution is 2.17. The van der Waals surface area contributed by atoms with E-state index in [4.69, 9.17) is 0 Å². The van der Waals surface area contributed by atoms with E-state index < -0.39 is 0 Å². The Kier molecular flexibility index (Phi) is 3.54. The molecule has 16 heavy (non-hydrogen) atoms. The molecular formula is C14H17NO. The number of aliphatic hydroxyl groups is 1. The van der Waals surface area contributed by atoms with Gasteiger partial charge in [-0.25, -0.2) is 0 Å². The zero-order valence-electron chi connectivity index (χ0n) is 9.48. The summed E-state index contributed by atoms with van der Waals surface area (Å²) in [6, 6.07) is 14.7. The molecule has 0 aliphatic rings. The van der Waals surface area contributed by atoms with Crippen LogP contribution in [0.5, 0.6) is 0 Å². The lowest BCUT2D eigenvalue weighted by Crippen LogP contribution is -2.23. The molecule has 0 aromatic heterocycles. The quantitative estimate of drug-likeness (QED) is 0.820. The van der Waals surface area contributed by atoms with Gasteiger partial charge >= 0.3 is 0 Å². The zero-order chi connectivity index (χ0) is 11.4. The van der Waals surface area contributed by atoms with E-state index >= 15 is 0 Å². The molecule has 0 fully saturated rings. The molecule has 2 nitrogen and oxygen atoms in total. The standard InChI is InChI=1S/C14H17NO/c1-11(16)9-15-10-13-7-4-6-12-5-2-3-8-14(12)13/h2-8,11,15-16H,9-10H2,1H3/t11-/m0/s1. The molecule has 2 rings (SSSR count). The Morgan fingerprint density at radius 3 is 2.69 bits per heavy atom. The van der Waals surface area contributed by atoms with Crippen molar-refractivity contribution in [2.75, 3.05) is 6.54 Å². The molecule has 0 unspecified atom stereocenters. The van der Waals surface area contributed by atoms with Gasteiger partial charge in [0.1, 0.15) is 0 Å². The first-order chi connectivity index (χ1) is 7.77. The van der Waals surface area contributed by atoms with Crippen LogP contribution in [0.4, 0.5) is 0 Å². The lowest BCUT2D eigenvalue weighted by Gasteiger charge is -2.09. The first-order valence-corrected chi connectivity index (χ1v) is 5.63. The van der Waals surface area contributed by atoms with Crippen molar-refractivity contribution in [2.24, 2.45) is 0 Å². The van der Waals surface area contributed by atoms with Crippen LogP contribution >= 0.6 is 0 Å². The molecule has 0 heterocycles. The van der Waals surface area contributed by atoms with E-state index in [0.717, 1.165) is 6.54 Å². The predicted molar refractivity (Wildman–Crippen MR) is 67.3 cm³/mol. The molecule has 0 radical (unpaired) electrons. The summed E-state index contributed by atoms with van der Waals surface area (Å²) >= 11 is 0. The summed E-state index contributed by atoms with van der Waals surface area (Å²) in [4.78, 5) is 0. The molecule has 2 heteroatoms. The van der Waals surface area contributed by atoms with E-state index in [1.165, 1.54) is 16.3 Å². The monoisotopic (exact) mass is 215 g/mol. The van der Waals surface area contributed by atoms with Crippen molar-refractivity contribution in [3.8, 4) is 0 Å². The molecule has 2 aromatic rings. The number of nitrogens with one attached hydrogen (secondary N) is 1. The molecule has 1 atom stereocenters. The lowest BCUT2D eigenvalue weighted by molar-refractivity contribution is 0.191. The van der Waals surface area contributed by atoms with Crippen molar-refractivity contribution in [3.05, 3.63) is 48.0 Å². The first kappa shape index (κ1) is 11.1. The minimum Gasteiger partial charge on any atom is -0.392 e. The molecule has 0 amide bonds. The van der Waals surface area contributed by atoms with Crippen LogP contribution in [0.15, 0.2) is 42.5 Å². The molecule has 0 bridgehead atoms. The second-order valence-corrected chi connectivity index (χ2v) is 4.12. The topological polar surface area (TPSA) is 32.3 Å². The van der Waals surface area contributed by atoms with Gasteiger partial charge in [0.25, 0.3) is 0 Å². The predicted octanol–water partition coefficient (Wildman–Crippen LogP) is 2.31. The van der Waals surface area contributed by atoms with E-state index in [1.54, 1.807) is 6.92 Å². The number of hydrogen-bond acceptors (Lipinski definition) is 2. The van der Waals surface area contributed by atoms with Crippen LogP contribution in [-0.4, -0.2) is 17.8 Å². The maximum atomic E-state index is 9.18. The molecule has 2 N–H and O–H groups in total. The second-order valence-electron chi connectivity index (χ2n) is 4.12. The van der Waals surface area contributed by atoms with Crippen LogP contribution < -0.4 is 5.32 Å². The summed E-state index contributed by atoms with van der Waals surface area (Å²) in [5.41, 5.74) is 1.28. The minimum atomic E-state index is -0.296. The van der Waals surface area contributed by atoms with Crippen molar-refractivity contribution in [1.29, 1.82) is 0 Å². The number of hydrogen-bond donors (Lipinski definition) is 2. The van der Waals surface area contributed by atoms with Crippen LogP contribution in [0.2, 0.25) is 0 Å². The van der Waals surface area contributed by atoms with Crippen LogP contribution in [0.1, 0.15) is 12.5 Å². The van der Waals surface area contributed by atoms with Crippen molar-refractivity contribution >= 4 is 10.8 Å². The summed E-state index contributed by atoms with van der Waals surface area (Å²) in [5.74, 6) is 0.